The lowest BCUT2D eigenvalue weighted by atomic mass is 10.4. The normalized spacial score (nSPS) is 44.0. The molecule has 64 valence electrons. The maximum Gasteiger partial charge on any atom is 0.211 e. The molecule has 2 N–H and O–H groups in total. The Kier molecular flexibility index (Phi) is 1.34. The average molecular weight is 176 g/mol. The van der Waals surface area contributed by atoms with E-state index in [1.165, 1.54) is 10.6 Å². The Labute approximate surface area is 66.4 Å². The summed E-state index contributed by atoms with van der Waals surface area (Å²) in [5, 5.41) is 0. The maximum atomic E-state index is 11.0. The second kappa shape index (κ2) is 1.97. The number of rotatable bonds is 1. The molecule has 0 spiro atoms. The smallest absolute Gasteiger partial charge is 0.211 e. The highest BCUT2D eigenvalue weighted by atomic mass is 32.2. The van der Waals surface area contributed by atoms with Gasteiger partial charge in [0.2, 0.25) is 10.0 Å². The number of piperidine rings is 1. The minimum Gasteiger partial charge on any atom is -0.327 e. The van der Waals surface area contributed by atoms with E-state index in [0.717, 1.165) is 0 Å². The van der Waals surface area contributed by atoms with Gasteiger partial charge in [0, 0.05) is 19.1 Å². The van der Waals surface area contributed by atoms with Gasteiger partial charge >= 0.3 is 0 Å². The van der Waals surface area contributed by atoms with Gasteiger partial charge in [0.05, 0.1) is 6.26 Å². The third kappa shape index (κ3) is 1.07. The van der Waals surface area contributed by atoms with E-state index in [1.807, 2.05) is 0 Å². The first-order valence-corrected chi connectivity index (χ1v) is 5.55. The molecule has 1 aliphatic heterocycles. The van der Waals surface area contributed by atoms with Crippen LogP contribution >= 0.6 is 0 Å². The number of hydrogen-bond donors (Lipinski definition) is 1. The van der Waals surface area contributed by atoms with Gasteiger partial charge in [0.1, 0.15) is 0 Å². The molecule has 0 aromatic carbocycles. The Hall–Kier alpha value is -0.130. The number of fused-ring (bicyclic) bond motifs is 1. The standard InChI is InChI=1S/C6H12N2O2S/c1-11(9,10)8-2-4-5(3-8)6(4)7/h4-6H,2-3,7H2,1H3/t4-,5+,6?. The van der Waals surface area contributed by atoms with Crippen molar-refractivity contribution < 1.29 is 8.42 Å². The largest absolute Gasteiger partial charge is 0.327 e. The van der Waals surface area contributed by atoms with Gasteiger partial charge in [0.15, 0.2) is 0 Å². The summed E-state index contributed by atoms with van der Waals surface area (Å²) < 4.78 is 23.5. The second-order valence-corrected chi connectivity index (χ2v) is 5.47. The van der Waals surface area contributed by atoms with E-state index in [-0.39, 0.29) is 6.04 Å². The molecule has 2 aliphatic rings. The minimum absolute atomic E-state index is 0.271. The van der Waals surface area contributed by atoms with Gasteiger partial charge in [-0.25, -0.2) is 12.7 Å². The Morgan fingerprint density at radius 3 is 2.18 bits per heavy atom. The zero-order chi connectivity index (χ0) is 8.22. The molecule has 3 atom stereocenters. The molecule has 5 heteroatoms. The molecule has 0 radical (unpaired) electrons. The van der Waals surface area contributed by atoms with Crippen molar-refractivity contribution in [3.05, 3.63) is 0 Å². The third-order valence-corrected chi connectivity index (χ3v) is 3.93. The summed E-state index contributed by atoms with van der Waals surface area (Å²) in [6.07, 6.45) is 1.25. The fraction of sp³-hybridized carbons (Fsp3) is 1.00. The molecule has 1 saturated carbocycles. The van der Waals surface area contributed by atoms with E-state index in [9.17, 15) is 8.42 Å². The zero-order valence-electron chi connectivity index (χ0n) is 6.40. The van der Waals surface area contributed by atoms with Crippen LogP contribution in [0.1, 0.15) is 0 Å². The highest BCUT2D eigenvalue weighted by Crippen LogP contribution is 2.44. The molecule has 1 unspecified atom stereocenters. The summed E-state index contributed by atoms with van der Waals surface area (Å²) >= 11 is 0. The van der Waals surface area contributed by atoms with Crippen molar-refractivity contribution in [2.75, 3.05) is 19.3 Å². The number of hydrogen-bond acceptors (Lipinski definition) is 3. The van der Waals surface area contributed by atoms with Gasteiger partial charge < -0.3 is 5.73 Å². The summed E-state index contributed by atoms with van der Waals surface area (Å²) in [6, 6.07) is 0.271. The van der Waals surface area contributed by atoms with Crippen LogP contribution in [0.3, 0.4) is 0 Å². The van der Waals surface area contributed by atoms with Gasteiger partial charge in [-0.3, -0.25) is 0 Å². The molecule has 2 fully saturated rings. The molecular formula is C6H12N2O2S. The van der Waals surface area contributed by atoms with E-state index in [1.54, 1.807) is 0 Å². The lowest BCUT2D eigenvalue weighted by Gasteiger charge is -2.14. The van der Waals surface area contributed by atoms with Crippen molar-refractivity contribution in [3.8, 4) is 0 Å². The molecule has 4 nitrogen and oxygen atoms in total. The Morgan fingerprint density at radius 2 is 1.82 bits per heavy atom. The Balaban J connectivity index is 2.06. The SMILES string of the molecule is CS(=O)(=O)N1C[C@@H]2C(N)[C@@H]2C1. The molecule has 0 aromatic rings. The Bertz CT molecular complexity index is 262. The van der Waals surface area contributed by atoms with Gasteiger partial charge in [-0.1, -0.05) is 0 Å². The van der Waals surface area contributed by atoms with E-state index in [0.29, 0.717) is 24.9 Å². The number of sulfonamides is 1. The molecule has 0 aromatic heterocycles. The molecule has 1 heterocycles. The summed E-state index contributed by atoms with van der Waals surface area (Å²) in [4.78, 5) is 0. The number of nitrogens with two attached hydrogens (primary N) is 1. The topological polar surface area (TPSA) is 63.4 Å². The fourth-order valence-electron chi connectivity index (χ4n) is 1.80. The Morgan fingerprint density at radius 1 is 1.36 bits per heavy atom. The third-order valence-electron chi connectivity index (χ3n) is 2.70. The van der Waals surface area contributed by atoms with E-state index in [2.05, 4.69) is 0 Å². The fourth-order valence-corrected chi connectivity index (χ4v) is 2.69. The van der Waals surface area contributed by atoms with Crippen LogP contribution in [0.2, 0.25) is 0 Å². The maximum absolute atomic E-state index is 11.0. The van der Waals surface area contributed by atoms with E-state index >= 15 is 0 Å². The first kappa shape index (κ1) is 7.52. The summed E-state index contributed by atoms with van der Waals surface area (Å²) in [7, 11) is -2.95. The predicted molar refractivity (Wildman–Crippen MR) is 41.4 cm³/mol. The van der Waals surface area contributed by atoms with Crippen molar-refractivity contribution in [1.82, 2.24) is 4.31 Å². The summed E-state index contributed by atoms with van der Waals surface area (Å²) in [5.41, 5.74) is 5.66. The zero-order valence-corrected chi connectivity index (χ0v) is 7.21. The predicted octanol–water partition coefficient (Wildman–Crippen LogP) is -1.17. The van der Waals surface area contributed by atoms with Gasteiger partial charge in [-0.2, -0.15) is 0 Å². The van der Waals surface area contributed by atoms with Crippen molar-refractivity contribution >= 4 is 10.0 Å². The van der Waals surface area contributed by atoms with Crippen LogP contribution < -0.4 is 5.73 Å². The molecule has 0 amide bonds. The highest BCUT2D eigenvalue weighted by molar-refractivity contribution is 7.88. The van der Waals surface area contributed by atoms with E-state index < -0.39 is 10.0 Å². The van der Waals surface area contributed by atoms with Crippen LogP contribution in [0.25, 0.3) is 0 Å². The van der Waals surface area contributed by atoms with Gasteiger partial charge in [-0.15, -0.1) is 0 Å². The number of nitrogens with zero attached hydrogens (tertiary/aromatic N) is 1. The molecule has 2 rings (SSSR count). The van der Waals surface area contributed by atoms with Crippen LogP contribution in [-0.4, -0.2) is 38.1 Å². The van der Waals surface area contributed by atoms with Crippen LogP contribution in [-0.2, 0) is 10.0 Å². The van der Waals surface area contributed by atoms with Crippen molar-refractivity contribution in [3.63, 3.8) is 0 Å². The minimum atomic E-state index is -2.95. The summed E-state index contributed by atoms with van der Waals surface area (Å²) in [5.74, 6) is 0.898. The van der Waals surface area contributed by atoms with Crippen molar-refractivity contribution in [2.24, 2.45) is 17.6 Å². The monoisotopic (exact) mass is 176 g/mol. The van der Waals surface area contributed by atoms with Crippen LogP contribution in [0.5, 0.6) is 0 Å². The van der Waals surface area contributed by atoms with Crippen LogP contribution in [0, 0.1) is 11.8 Å². The average Bonchev–Trinajstić information content (AvgIpc) is 2.39. The van der Waals surface area contributed by atoms with Gasteiger partial charge in [-0.05, 0) is 11.8 Å². The quantitative estimate of drug-likeness (QED) is 0.548. The molecule has 11 heavy (non-hydrogen) atoms. The van der Waals surface area contributed by atoms with Gasteiger partial charge in [0.25, 0.3) is 0 Å². The lowest BCUT2D eigenvalue weighted by molar-refractivity contribution is 0.436. The summed E-state index contributed by atoms with van der Waals surface area (Å²) in [6.45, 7) is 1.29. The first-order chi connectivity index (χ1) is 5.00. The van der Waals surface area contributed by atoms with Crippen molar-refractivity contribution in [1.29, 1.82) is 0 Å². The second-order valence-electron chi connectivity index (χ2n) is 3.49. The highest BCUT2D eigenvalue weighted by Gasteiger charge is 2.55. The van der Waals surface area contributed by atoms with Crippen molar-refractivity contribution in [2.45, 2.75) is 6.04 Å². The van der Waals surface area contributed by atoms with Crippen LogP contribution in [0.4, 0.5) is 0 Å². The van der Waals surface area contributed by atoms with E-state index in [4.69, 9.17) is 5.73 Å². The molecule has 1 saturated heterocycles. The lowest BCUT2D eigenvalue weighted by Crippen LogP contribution is -2.32. The van der Waals surface area contributed by atoms with Crippen LogP contribution in [0.15, 0.2) is 0 Å². The molecule has 1 aliphatic carbocycles. The first-order valence-electron chi connectivity index (χ1n) is 3.71. The molecule has 0 bridgehead atoms. The molecular weight excluding hydrogens is 164 g/mol.